The Morgan fingerprint density at radius 3 is 1.86 bits per heavy atom. The summed E-state index contributed by atoms with van der Waals surface area (Å²) in [6.45, 7) is 9.50. The van der Waals surface area contributed by atoms with Gasteiger partial charge in [-0.05, 0) is 49.3 Å². The molecule has 2 aromatic rings. The molecule has 0 amide bonds. The molecule has 0 heterocycles. The van der Waals surface area contributed by atoms with Gasteiger partial charge in [0.05, 0.1) is 4.75 Å². The first kappa shape index (κ1) is 18.8. The third-order valence-corrected chi connectivity index (χ3v) is 8.36. The fourth-order valence-corrected chi connectivity index (χ4v) is 5.87. The number of sulfone groups is 1. The molecule has 0 N–H and O–H groups in total. The minimum atomic E-state index is -3.46. The quantitative estimate of drug-likeness (QED) is 0.505. The SMILES string of the molecule is C=C1[C-](S(=O)(=O)C(C)(C)C)C2C=CC1C2=C(c1ccccc1)c1ccccc1. The van der Waals surface area contributed by atoms with Crippen LogP contribution in [-0.4, -0.2) is 13.2 Å². The average molecular weight is 390 g/mol. The molecule has 0 aliphatic heterocycles. The third-order valence-electron chi connectivity index (χ3n) is 5.65. The first-order valence-corrected chi connectivity index (χ1v) is 11.1. The van der Waals surface area contributed by atoms with Crippen LogP contribution in [0.3, 0.4) is 0 Å². The Morgan fingerprint density at radius 1 is 0.893 bits per heavy atom. The molecule has 0 saturated heterocycles. The van der Waals surface area contributed by atoms with E-state index in [1.165, 1.54) is 0 Å². The van der Waals surface area contributed by atoms with Crippen molar-refractivity contribution >= 4 is 15.4 Å². The summed E-state index contributed by atoms with van der Waals surface area (Å²) in [5.41, 5.74) is 5.17. The van der Waals surface area contributed by atoms with Crippen LogP contribution in [0.1, 0.15) is 31.9 Å². The van der Waals surface area contributed by atoms with Crippen molar-refractivity contribution in [3.05, 3.63) is 107 Å². The Morgan fingerprint density at radius 2 is 1.39 bits per heavy atom. The average Bonchev–Trinajstić information content (AvgIpc) is 3.18. The fourth-order valence-electron chi connectivity index (χ4n) is 4.20. The molecule has 2 aliphatic carbocycles. The van der Waals surface area contributed by atoms with Crippen molar-refractivity contribution in [2.24, 2.45) is 11.8 Å². The summed E-state index contributed by atoms with van der Waals surface area (Å²) in [6.07, 6.45) is 4.15. The van der Waals surface area contributed by atoms with Gasteiger partial charge in [0.2, 0.25) is 0 Å². The minimum Gasteiger partial charge on any atom is -0.242 e. The zero-order valence-corrected chi connectivity index (χ0v) is 17.3. The maximum atomic E-state index is 13.3. The molecule has 3 heteroatoms. The van der Waals surface area contributed by atoms with Crippen molar-refractivity contribution in [1.29, 1.82) is 0 Å². The molecule has 1 fully saturated rings. The van der Waals surface area contributed by atoms with E-state index >= 15 is 0 Å². The first-order chi connectivity index (χ1) is 13.2. The lowest BCUT2D eigenvalue weighted by molar-refractivity contribution is 0.558. The summed E-state index contributed by atoms with van der Waals surface area (Å²) in [7, 11) is -3.46. The van der Waals surface area contributed by atoms with Gasteiger partial charge in [0.15, 0.2) is 0 Å². The molecule has 0 radical (unpaired) electrons. The van der Waals surface area contributed by atoms with E-state index in [2.05, 4.69) is 36.9 Å². The Balaban J connectivity index is 1.96. The van der Waals surface area contributed by atoms with Gasteiger partial charge in [0.1, 0.15) is 9.84 Å². The van der Waals surface area contributed by atoms with Gasteiger partial charge >= 0.3 is 0 Å². The maximum Gasteiger partial charge on any atom is 0.114 e. The van der Waals surface area contributed by atoms with Crippen LogP contribution in [0, 0.1) is 17.1 Å². The highest BCUT2D eigenvalue weighted by Gasteiger charge is 2.47. The van der Waals surface area contributed by atoms with Gasteiger partial charge in [-0.3, -0.25) is 0 Å². The van der Waals surface area contributed by atoms with E-state index < -0.39 is 14.6 Å². The van der Waals surface area contributed by atoms with Crippen molar-refractivity contribution in [2.45, 2.75) is 25.5 Å². The first-order valence-electron chi connectivity index (χ1n) is 9.57. The van der Waals surface area contributed by atoms with E-state index in [0.29, 0.717) is 5.25 Å². The summed E-state index contributed by atoms with van der Waals surface area (Å²) < 4.78 is 25.8. The van der Waals surface area contributed by atoms with E-state index in [9.17, 15) is 8.42 Å². The number of hydrogen-bond donors (Lipinski definition) is 0. The number of hydrogen-bond acceptors (Lipinski definition) is 2. The zero-order valence-electron chi connectivity index (χ0n) is 16.5. The summed E-state index contributed by atoms with van der Waals surface area (Å²) in [5, 5.41) is 0.492. The van der Waals surface area contributed by atoms with Crippen molar-refractivity contribution in [1.82, 2.24) is 0 Å². The smallest absolute Gasteiger partial charge is 0.114 e. The second kappa shape index (κ2) is 6.52. The molecule has 2 bridgehead atoms. The summed E-state index contributed by atoms with van der Waals surface area (Å²) in [6, 6.07) is 20.5. The molecule has 2 nitrogen and oxygen atoms in total. The molecule has 2 unspecified atom stereocenters. The Kier molecular flexibility index (Phi) is 4.39. The predicted octanol–water partition coefficient (Wildman–Crippen LogP) is 5.61. The largest absolute Gasteiger partial charge is 0.242 e. The lowest BCUT2D eigenvalue weighted by atomic mass is 9.87. The lowest BCUT2D eigenvalue weighted by Gasteiger charge is -2.36. The lowest BCUT2D eigenvalue weighted by Crippen LogP contribution is -2.35. The van der Waals surface area contributed by atoms with E-state index in [4.69, 9.17) is 0 Å². The van der Waals surface area contributed by atoms with Crippen LogP contribution in [-0.2, 0) is 9.84 Å². The molecule has 144 valence electrons. The molecule has 2 atom stereocenters. The molecule has 1 saturated carbocycles. The summed E-state index contributed by atoms with van der Waals surface area (Å²) in [5.74, 6) is -0.301. The maximum absolute atomic E-state index is 13.3. The van der Waals surface area contributed by atoms with Gasteiger partial charge in [0.25, 0.3) is 0 Å². The normalized spacial score (nSPS) is 21.5. The van der Waals surface area contributed by atoms with Crippen LogP contribution in [0.25, 0.3) is 5.57 Å². The van der Waals surface area contributed by atoms with Crippen molar-refractivity contribution in [3.63, 3.8) is 0 Å². The van der Waals surface area contributed by atoms with Crippen LogP contribution in [0.2, 0.25) is 0 Å². The second-order valence-corrected chi connectivity index (χ2v) is 11.1. The fraction of sp³-hybridized carbons (Fsp3) is 0.240. The zero-order chi connectivity index (χ0) is 20.1. The number of allylic oxidation sites excluding steroid dienone is 3. The monoisotopic (exact) mass is 389 g/mol. The van der Waals surface area contributed by atoms with Crippen LogP contribution in [0.15, 0.2) is 90.5 Å². The Bertz CT molecular complexity index is 1030. The molecular formula is C25H25O2S-. The summed E-state index contributed by atoms with van der Waals surface area (Å²) in [4.78, 5) is 0. The standard InChI is InChI=1S/C25H25O2S/c1-17-20-15-16-21(24(17)28(26,27)25(2,3)4)23(20)22(18-11-7-5-8-12-18)19-13-9-6-10-14-19/h5-16,20-21H,1H2,2-4H3/q-1. The van der Waals surface area contributed by atoms with Gasteiger partial charge in [-0.1, -0.05) is 83.6 Å². The number of benzene rings is 2. The van der Waals surface area contributed by atoms with E-state index in [1.54, 1.807) is 20.8 Å². The van der Waals surface area contributed by atoms with Crippen LogP contribution in [0.4, 0.5) is 0 Å². The van der Waals surface area contributed by atoms with Crippen molar-refractivity contribution in [3.8, 4) is 0 Å². The molecule has 28 heavy (non-hydrogen) atoms. The molecular weight excluding hydrogens is 364 g/mol. The second-order valence-electron chi connectivity index (χ2n) is 8.41. The van der Waals surface area contributed by atoms with E-state index in [0.717, 1.165) is 27.8 Å². The van der Waals surface area contributed by atoms with Gasteiger partial charge < -0.3 is 0 Å². The van der Waals surface area contributed by atoms with Gasteiger partial charge in [-0.15, -0.1) is 0 Å². The molecule has 0 spiro atoms. The Labute approximate surface area is 168 Å². The minimum absolute atomic E-state index is 0.0625. The topological polar surface area (TPSA) is 34.1 Å². The van der Waals surface area contributed by atoms with Gasteiger partial charge in [-0.25, -0.2) is 15.0 Å². The van der Waals surface area contributed by atoms with Crippen molar-refractivity contribution in [2.75, 3.05) is 0 Å². The molecule has 2 aromatic carbocycles. The highest BCUT2D eigenvalue weighted by Crippen LogP contribution is 2.58. The molecule has 4 rings (SSSR count). The van der Waals surface area contributed by atoms with Crippen LogP contribution >= 0.6 is 0 Å². The van der Waals surface area contributed by atoms with Gasteiger partial charge in [0, 0.05) is 0 Å². The number of fused-ring (bicyclic) bond motifs is 2. The highest BCUT2D eigenvalue weighted by atomic mass is 32.2. The Hall–Kier alpha value is -2.52. The summed E-state index contributed by atoms with van der Waals surface area (Å²) >= 11 is 0. The van der Waals surface area contributed by atoms with E-state index in [1.807, 2.05) is 42.5 Å². The van der Waals surface area contributed by atoms with Gasteiger partial charge in [-0.2, -0.15) is 5.57 Å². The third kappa shape index (κ3) is 2.77. The van der Waals surface area contributed by atoms with Crippen LogP contribution < -0.4 is 0 Å². The van der Waals surface area contributed by atoms with E-state index in [-0.39, 0.29) is 11.8 Å². The molecule has 2 aliphatic rings. The predicted molar refractivity (Wildman–Crippen MR) is 116 cm³/mol. The van der Waals surface area contributed by atoms with Crippen molar-refractivity contribution < 1.29 is 8.42 Å². The van der Waals surface area contributed by atoms with Crippen LogP contribution in [0.5, 0.6) is 0 Å². The molecule has 0 aromatic heterocycles. The number of rotatable bonds is 3. The highest BCUT2D eigenvalue weighted by molar-refractivity contribution is 7.95.